The van der Waals surface area contributed by atoms with Crippen LogP contribution in [0.2, 0.25) is 0 Å². The smallest absolute Gasteiger partial charge is 0.297 e. The van der Waals surface area contributed by atoms with Gasteiger partial charge in [0, 0.05) is 18.4 Å². The van der Waals surface area contributed by atoms with Gasteiger partial charge < -0.3 is 4.74 Å². The summed E-state index contributed by atoms with van der Waals surface area (Å²) in [7, 11) is 1.43. The molecule has 0 bridgehead atoms. The predicted octanol–water partition coefficient (Wildman–Crippen LogP) is 4.42. The highest BCUT2D eigenvalue weighted by Crippen LogP contribution is 2.35. The molecule has 3 aromatic carbocycles. The molecule has 9 heteroatoms. The van der Waals surface area contributed by atoms with Crippen molar-refractivity contribution < 1.29 is 19.2 Å². The number of ether oxygens (including phenoxy) is 1. The van der Waals surface area contributed by atoms with E-state index in [2.05, 4.69) is 10.2 Å². The number of nitro benzene ring substituents is 1. The summed E-state index contributed by atoms with van der Waals surface area (Å²) in [5.41, 5.74) is 0.111. The third-order valence-electron chi connectivity index (χ3n) is 4.34. The zero-order valence-corrected chi connectivity index (χ0v) is 16.3. The lowest BCUT2D eigenvalue weighted by atomic mass is 10.1. The van der Waals surface area contributed by atoms with Gasteiger partial charge in [0.2, 0.25) is 5.91 Å². The fourth-order valence-electron chi connectivity index (χ4n) is 3.03. The summed E-state index contributed by atoms with van der Waals surface area (Å²) >= 11 is 0. The van der Waals surface area contributed by atoms with Crippen LogP contribution in [0.4, 0.5) is 17.1 Å². The number of carbonyl (C=O) groups is 2. The van der Waals surface area contributed by atoms with E-state index in [1.807, 2.05) is 0 Å². The fourth-order valence-corrected chi connectivity index (χ4v) is 3.03. The highest BCUT2D eigenvalue weighted by Gasteiger charge is 2.23. The Kier molecular flexibility index (Phi) is 6.11. The number of anilines is 1. The van der Waals surface area contributed by atoms with Crippen LogP contribution in [0.3, 0.4) is 0 Å². The molecule has 0 spiro atoms. The third kappa shape index (κ3) is 4.14. The van der Waals surface area contributed by atoms with Crippen LogP contribution in [-0.4, -0.2) is 30.4 Å². The number of amides is 2. The maximum absolute atomic E-state index is 12.7. The number of methoxy groups -OCH3 is 1. The predicted molar refractivity (Wildman–Crippen MR) is 111 cm³/mol. The van der Waals surface area contributed by atoms with Crippen LogP contribution < -0.4 is 9.64 Å². The standard InChI is InChI=1S/C21H18N4O5/c1-14(26)24(17-9-5-6-10-19(17)30-2)20(27)13-22-23-21-16-8-4-3-7-15(16)11-12-18(21)25(28)29/h3-12H,13H2,1-2H3. The van der Waals surface area contributed by atoms with E-state index in [-0.39, 0.29) is 17.1 Å². The number of hydrogen-bond donors (Lipinski definition) is 0. The molecule has 0 unspecified atom stereocenters. The van der Waals surface area contributed by atoms with E-state index in [0.717, 1.165) is 10.3 Å². The molecular weight excluding hydrogens is 388 g/mol. The number of fused-ring (bicyclic) bond motifs is 1. The molecule has 2 amide bonds. The van der Waals surface area contributed by atoms with Crippen molar-refractivity contribution in [3.05, 3.63) is 70.8 Å². The van der Waals surface area contributed by atoms with E-state index in [9.17, 15) is 19.7 Å². The van der Waals surface area contributed by atoms with Gasteiger partial charge in [-0.1, -0.05) is 36.4 Å². The van der Waals surface area contributed by atoms with E-state index >= 15 is 0 Å². The number of carbonyl (C=O) groups excluding carboxylic acids is 2. The molecule has 0 atom stereocenters. The first-order valence-corrected chi connectivity index (χ1v) is 8.94. The fraction of sp³-hybridized carbons (Fsp3) is 0.143. The number of nitrogens with zero attached hydrogens (tertiary/aromatic N) is 4. The number of benzene rings is 3. The van der Waals surface area contributed by atoms with Gasteiger partial charge in [-0.25, -0.2) is 4.90 Å². The SMILES string of the molecule is COc1ccccc1N(C(C)=O)C(=O)CN=Nc1c([N+](=O)[O-])ccc2ccccc12. The van der Waals surface area contributed by atoms with Gasteiger partial charge in [0.05, 0.1) is 17.7 Å². The first kappa shape index (κ1) is 20.6. The Morgan fingerprint density at radius 3 is 2.47 bits per heavy atom. The van der Waals surface area contributed by atoms with Crippen LogP contribution in [0.1, 0.15) is 6.92 Å². The Balaban J connectivity index is 1.92. The summed E-state index contributed by atoms with van der Waals surface area (Å²) in [5.74, 6) is -0.808. The minimum atomic E-state index is -0.640. The second-order valence-electron chi connectivity index (χ2n) is 6.23. The van der Waals surface area contributed by atoms with Crippen LogP contribution in [0.5, 0.6) is 5.75 Å². The van der Waals surface area contributed by atoms with Crippen LogP contribution in [0.15, 0.2) is 70.9 Å². The molecule has 0 saturated heterocycles. The second kappa shape index (κ2) is 8.91. The molecule has 0 saturated carbocycles. The minimum absolute atomic E-state index is 0.0533. The van der Waals surface area contributed by atoms with Crippen molar-refractivity contribution in [3.8, 4) is 5.75 Å². The van der Waals surface area contributed by atoms with Crippen molar-refractivity contribution in [2.75, 3.05) is 18.6 Å². The zero-order valence-electron chi connectivity index (χ0n) is 16.3. The molecule has 0 N–H and O–H groups in total. The van der Waals surface area contributed by atoms with Crippen molar-refractivity contribution in [1.82, 2.24) is 0 Å². The van der Waals surface area contributed by atoms with Gasteiger partial charge in [-0.05, 0) is 23.6 Å². The topological polar surface area (TPSA) is 114 Å². The Morgan fingerprint density at radius 1 is 1.07 bits per heavy atom. The van der Waals surface area contributed by atoms with Gasteiger partial charge >= 0.3 is 0 Å². The molecule has 0 aliphatic rings. The van der Waals surface area contributed by atoms with Gasteiger partial charge in [0.25, 0.3) is 11.6 Å². The van der Waals surface area contributed by atoms with Crippen molar-refractivity contribution in [3.63, 3.8) is 0 Å². The van der Waals surface area contributed by atoms with Gasteiger partial charge in [-0.2, -0.15) is 5.11 Å². The Labute approximate surface area is 171 Å². The van der Waals surface area contributed by atoms with Crippen LogP contribution in [-0.2, 0) is 9.59 Å². The number of imide groups is 1. The maximum Gasteiger partial charge on any atom is 0.297 e. The van der Waals surface area contributed by atoms with Crippen molar-refractivity contribution >= 4 is 39.6 Å². The second-order valence-corrected chi connectivity index (χ2v) is 6.23. The van der Waals surface area contributed by atoms with Crippen molar-refractivity contribution in [1.29, 1.82) is 0 Å². The highest BCUT2D eigenvalue weighted by molar-refractivity contribution is 6.15. The molecule has 0 fully saturated rings. The van der Waals surface area contributed by atoms with Crippen LogP contribution in [0, 0.1) is 10.1 Å². The number of para-hydroxylation sites is 2. The molecule has 30 heavy (non-hydrogen) atoms. The first-order chi connectivity index (χ1) is 14.4. The molecule has 9 nitrogen and oxygen atoms in total. The summed E-state index contributed by atoms with van der Waals surface area (Å²) < 4.78 is 5.22. The normalized spacial score (nSPS) is 10.9. The molecule has 0 aliphatic carbocycles. The number of azo groups is 1. The molecule has 152 valence electrons. The third-order valence-corrected chi connectivity index (χ3v) is 4.34. The van der Waals surface area contributed by atoms with Gasteiger partial charge in [0.1, 0.15) is 12.3 Å². The molecule has 0 heterocycles. The van der Waals surface area contributed by atoms with E-state index in [1.54, 1.807) is 54.6 Å². The van der Waals surface area contributed by atoms with E-state index in [4.69, 9.17) is 4.74 Å². The van der Waals surface area contributed by atoms with Crippen LogP contribution in [0.25, 0.3) is 10.8 Å². The average Bonchev–Trinajstić information content (AvgIpc) is 2.73. The number of rotatable bonds is 6. The lowest BCUT2D eigenvalue weighted by Crippen LogP contribution is -2.37. The first-order valence-electron chi connectivity index (χ1n) is 8.94. The van der Waals surface area contributed by atoms with E-state index in [1.165, 1.54) is 20.1 Å². The number of hydrogen-bond acceptors (Lipinski definition) is 7. The largest absolute Gasteiger partial charge is 0.495 e. The van der Waals surface area contributed by atoms with Crippen molar-refractivity contribution in [2.45, 2.75) is 6.92 Å². The lowest BCUT2D eigenvalue weighted by molar-refractivity contribution is -0.384. The van der Waals surface area contributed by atoms with Gasteiger partial charge in [-0.3, -0.25) is 19.7 Å². The summed E-state index contributed by atoms with van der Waals surface area (Å²) in [4.78, 5) is 36.6. The molecule has 3 aromatic rings. The summed E-state index contributed by atoms with van der Waals surface area (Å²) in [6, 6.07) is 16.6. The Hall–Kier alpha value is -4.14. The summed E-state index contributed by atoms with van der Waals surface area (Å²) in [5, 5.41) is 20.5. The number of nitro groups is 1. The zero-order chi connectivity index (χ0) is 21.7. The Morgan fingerprint density at radius 2 is 1.77 bits per heavy atom. The minimum Gasteiger partial charge on any atom is -0.495 e. The quantitative estimate of drug-likeness (QED) is 0.341. The Bertz CT molecular complexity index is 1160. The van der Waals surface area contributed by atoms with E-state index < -0.39 is 23.3 Å². The lowest BCUT2D eigenvalue weighted by Gasteiger charge is -2.20. The van der Waals surface area contributed by atoms with Crippen LogP contribution >= 0.6 is 0 Å². The molecule has 0 radical (unpaired) electrons. The summed E-state index contributed by atoms with van der Waals surface area (Å²) in [6.07, 6.45) is 0. The summed E-state index contributed by atoms with van der Waals surface area (Å²) in [6.45, 7) is 0.773. The van der Waals surface area contributed by atoms with Gasteiger partial charge in [-0.15, -0.1) is 5.11 Å². The van der Waals surface area contributed by atoms with E-state index in [0.29, 0.717) is 11.1 Å². The van der Waals surface area contributed by atoms with Gasteiger partial charge in [0.15, 0.2) is 5.69 Å². The average molecular weight is 406 g/mol. The molecule has 0 aliphatic heterocycles. The highest BCUT2D eigenvalue weighted by atomic mass is 16.6. The monoisotopic (exact) mass is 406 g/mol. The molecule has 0 aromatic heterocycles. The van der Waals surface area contributed by atoms with Crippen molar-refractivity contribution in [2.24, 2.45) is 10.2 Å². The molecular formula is C21H18N4O5. The maximum atomic E-state index is 12.7. The molecule has 3 rings (SSSR count).